The maximum Gasteiger partial charge on any atom is 0.0559 e. The molecule has 0 fully saturated rings. The van der Waals surface area contributed by atoms with E-state index in [-0.39, 0.29) is 6.04 Å². The lowest BCUT2D eigenvalue weighted by Crippen LogP contribution is -2.31. The first-order valence-corrected chi connectivity index (χ1v) is 25.1. The van der Waals surface area contributed by atoms with Gasteiger partial charge >= 0.3 is 0 Å². The molecule has 0 bridgehead atoms. The van der Waals surface area contributed by atoms with Crippen LogP contribution in [0.3, 0.4) is 0 Å². The normalized spacial score (nSPS) is 16.1. The highest BCUT2D eigenvalue weighted by Crippen LogP contribution is 2.39. The van der Waals surface area contributed by atoms with Crippen molar-refractivity contribution >= 4 is 34.4 Å². The molecule has 69 heavy (non-hydrogen) atoms. The third-order valence-corrected chi connectivity index (χ3v) is 13.4. The van der Waals surface area contributed by atoms with Crippen molar-refractivity contribution in [3.63, 3.8) is 0 Å². The molecule has 2 unspecified atom stereocenters. The van der Waals surface area contributed by atoms with Crippen molar-refractivity contribution < 1.29 is 0 Å². The largest absolute Gasteiger partial charge is 0.334 e. The summed E-state index contributed by atoms with van der Waals surface area (Å²) in [7, 11) is 0. The number of fused-ring (bicyclic) bond motifs is 1. The van der Waals surface area contributed by atoms with Crippen LogP contribution in [-0.2, 0) is 12.8 Å². The van der Waals surface area contributed by atoms with Crippen molar-refractivity contribution in [2.45, 2.75) is 65.8 Å². The highest BCUT2D eigenvalue weighted by Gasteiger charge is 2.23. The predicted molar refractivity (Wildman–Crippen MR) is 299 cm³/mol. The molecule has 3 aliphatic rings. The van der Waals surface area contributed by atoms with E-state index in [0.29, 0.717) is 5.92 Å². The van der Waals surface area contributed by atoms with Crippen LogP contribution in [0.25, 0.3) is 45.0 Å². The zero-order valence-corrected chi connectivity index (χ0v) is 40.7. The van der Waals surface area contributed by atoms with Gasteiger partial charge in [0.2, 0.25) is 0 Å². The van der Waals surface area contributed by atoms with E-state index in [2.05, 4.69) is 266 Å². The van der Waals surface area contributed by atoms with Gasteiger partial charge in [-0.3, -0.25) is 0 Å². The highest BCUT2D eigenvalue weighted by molar-refractivity contribution is 5.80. The van der Waals surface area contributed by atoms with E-state index in [0.717, 1.165) is 49.2 Å². The van der Waals surface area contributed by atoms with Gasteiger partial charge in [-0.05, 0) is 161 Å². The van der Waals surface area contributed by atoms with E-state index >= 15 is 0 Å². The van der Waals surface area contributed by atoms with Crippen molar-refractivity contribution in [3.05, 3.63) is 265 Å². The Morgan fingerprint density at radius 1 is 0.565 bits per heavy atom. The van der Waals surface area contributed by atoms with Crippen molar-refractivity contribution in [3.8, 4) is 33.4 Å². The van der Waals surface area contributed by atoms with Crippen LogP contribution in [0, 0.1) is 5.92 Å². The Bertz CT molecular complexity index is 3050. The lowest BCUT2D eigenvalue weighted by molar-refractivity contribution is 0.740. The molecule has 0 heterocycles. The van der Waals surface area contributed by atoms with Crippen molar-refractivity contribution in [2.75, 3.05) is 9.80 Å². The lowest BCUT2D eigenvalue weighted by atomic mass is 9.92. The van der Waals surface area contributed by atoms with Gasteiger partial charge in [0, 0.05) is 28.4 Å². The summed E-state index contributed by atoms with van der Waals surface area (Å²) in [5, 5.41) is 0. The maximum atomic E-state index is 2.54. The molecule has 342 valence electrons. The van der Waals surface area contributed by atoms with Gasteiger partial charge in [-0.1, -0.05) is 209 Å². The van der Waals surface area contributed by atoms with E-state index in [1.54, 1.807) is 0 Å². The summed E-state index contributed by atoms with van der Waals surface area (Å²) in [5.74, 6) is 0.566. The molecule has 0 amide bonds. The Morgan fingerprint density at radius 2 is 1.19 bits per heavy atom. The second kappa shape index (κ2) is 22.4. The molecule has 0 saturated heterocycles. The van der Waals surface area contributed by atoms with Crippen LogP contribution in [0.5, 0.6) is 0 Å². The first-order chi connectivity index (χ1) is 34.1. The van der Waals surface area contributed by atoms with E-state index in [9.17, 15) is 0 Å². The summed E-state index contributed by atoms with van der Waals surface area (Å²) in [6, 6.07) is 62.8. The summed E-state index contributed by atoms with van der Waals surface area (Å²) in [6.45, 7) is 8.43. The molecule has 0 saturated carbocycles. The molecular formula is C67H64N2. The number of anilines is 4. The minimum absolute atomic E-state index is 0.257. The van der Waals surface area contributed by atoms with Crippen molar-refractivity contribution in [2.24, 2.45) is 5.92 Å². The Kier molecular flexibility index (Phi) is 15.1. The zero-order valence-electron chi connectivity index (χ0n) is 40.7. The fourth-order valence-electron chi connectivity index (χ4n) is 9.85. The second-order valence-corrected chi connectivity index (χ2v) is 18.0. The Balaban J connectivity index is 0.00000293. The number of hydrogen-bond acceptors (Lipinski definition) is 2. The van der Waals surface area contributed by atoms with Gasteiger partial charge in [0.25, 0.3) is 0 Å². The SMILES string of the molecule is C/C=C(\C=C/Cc1cccc(C2=CC(C)CC=C2)c1)N(c1ccc(-c2ccc(N(c3cccc4c3CCC=C4)C3C=CC=CC3)cc2)cc1)c1ccc(-c2cccc(-c3ccccc3)c2)cc1.CC. The molecule has 2 atom stereocenters. The summed E-state index contributed by atoms with van der Waals surface area (Å²) >= 11 is 0. The van der Waals surface area contributed by atoms with Crippen LogP contribution in [0.1, 0.15) is 69.2 Å². The number of rotatable bonds is 13. The molecule has 3 aliphatic carbocycles. The molecule has 0 N–H and O–H groups in total. The van der Waals surface area contributed by atoms with Crippen LogP contribution in [0.15, 0.2) is 242 Å². The molecule has 10 rings (SSSR count). The van der Waals surface area contributed by atoms with Crippen molar-refractivity contribution in [1.82, 2.24) is 0 Å². The Hall–Kier alpha value is -7.68. The first kappa shape index (κ1) is 46.4. The standard InChI is InChI=1S/C65H58N2.C2H6/c1-3-59(30-14-19-49-18-13-25-56(46-49)55-24-12-17-48(2)45-55)66(62-41-37-53(38-42-62)58-27-15-26-57(47-58)50-20-6-4-7-21-50)61-39-33-51(34-40-61)52-35-43-63(44-36-52)67(60-28-8-5-9-29-60)65-32-16-23-54-22-10-11-31-64(54)65;1-2/h3-10,12-16,18,20-28,30,32-48,60H,11,17,19,29,31H2,1-2H3;1-2H3/b30-14-,59-3+;. The fourth-order valence-corrected chi connectivity index (χ4v) is 9.85. The van der Waals surface area contributed by atoms with Gasteiger partial charge < -0.3 is 9.80 Å². The zero-order chi connectivity index (χ0) is 47.4. The molecule has 0 aromatic heterocycles. The fraction of sp³-hybridized carbons (Fsp3) is 0.164. The first-order valence-electron chi connectivity index (χ1n) is 25.1. The minimum Gasteiger partial charge on any atom is -0.334 e. The monoisotopic (exact) mass is 897 g/mol. The molecule has 7 aromatic rings. The van der Waals surface area contributed by atoms with E-state index in [1.165, 1.54) is 72.6 Å². The third-order valence-electron chi connectivity index (χ3n) is 13.4. The van der Waals surface area contributed by atoms with Crippen molar-refractivity contribution in [1.29, 1.82) is 0 Å². The number of allylic oxidation sites excluding steroid dienone is 10. The van der Waals surface area contributed by atoms with Gasteiger partial charge in [0.05, 0.1) is 6.04 Å². The third kappa shape index (κ3) is 10.9. The molecule has 2 nitrogen and oxygen atoms in total. The molecule has 0 spiro atoms. The summed E-state index contributed by atoms with van der Waals surface area (Å²) in [5.41, 5.74) is 19.7. The van der Waals surface area contributed by atoms with Crippen LogP contribution in [0.4, 0.5) is 22.7 Å². The molecule has 7 aromatic carbocycles. The average Bonchev–Trinajstić information content (AvgIpc) is 3.42. The second-order valence-electron chi connectivity index (χ2n) is 18.0. The molecule has 0 aliphatic heterocycles. The van der Waals surface area contributed by atoms with Gasteiger partial charge in [-0.2, -0.15) is 0 Å². The quantitative estimate of drug-likeness (QED) is 0.106. The van der Waals surface area contributed by atoms with Crippen LogP contribution in [-0.4, -0.2) is 6.04 Å². The maximum absolute atomic E-state index is 2.54. The summed E-state index contributed by atoms with van der Waals surface area (Å²) in [4.78, 5) is 4.92. The van der Waals surface area contributed by atoms with Gasteiger partial charge in [-0.25, -0.2) is 0 Å². The van der Waals surface area contributed by atoms with E-state index in [4.69, 9.17) is 0 Å². The average molecular weight is 897 g/mol. The van der Waals surface area contributed by atoms with Gasteiger partial charge in [0.1, 0.15) is 0 Å². The minimum atomic E-state index is 0.257. The predicted octanol–water partition coefficient (Wildman–Crippen LogP) is 18.5. The van der Waals surface area contributed by atoms with Crippen LogP contribution < -0.4 is 9.80 Å². The summed E-state index contributed by atoms with van der Waals surface area (Å²) in [6.07, 6.45) is 32.4. The number of nitrogens with zero attached hydrogens (tertiary/aromatic N) is 2. The van der Waals surface area contributed by atoms with Gasteiger partial charge in [0.15, 0.2) is 0 Å². The molecular weight excluding hydrogens is 833 g/mol. The molecule has 2 heteroatoms. The van der Waals surface area contributed by atoms with Crippen LogP contribution >= 0.6 is 0 Å². The number of benzene rings is 7. The smallest absolute Gasteiger partial charge is 0.0559 e. The highest BCUT2D eigenvalue weighted by atomic mass is 15.2. The molecule has 0 radical (unpaired) electrons. The summed E-state index contributed by atoms with van der Waals surface area (Å²) < 4.78 is 0. The number of hydrogen-bond donors (Lipinski definition) is 0. The van der Waals surface area contributed by atoms with Gasteiger partial charge in [-0.15, -0.1) is 0 Å². The van der Waals surface area contributed by atoms with E-state index in [1.807, 2.05) is 13.8 Å². The Morgan fingerprint density at radius 3 is 1.86 bits per heavy atom. The Labute approximate surface area is 412 Å². The lowest BCUT2D eigenvalue weighted by Gasteiger charge is -2.35. The topological polar surface area (TPSA) is 6.48 Å². The van der Waals surface area contributed by atoms with E-state index < -0.39 is 0 Å². The van der Waals surface area contributed by atoms with Crippen LogP contribution in [0.2, 0.25) is 0 Å².